The zero-order valence-electron chi connectivity index (χ0n) is 14.1. The summed E-state index contributed by atoms with van der Waals surface area (Å²) < 4.78 is 0. The van der Waals surface area contributed by atoms with Gasteiger partial charge in [0.2, 0.25) is 0 Å². The SMILES string of the molecule is CCCC(C)(CNC)CN1CCC2(CCCCC2)CC1. The van der Waals surface area contributed by atoms with E-state index in [0.29, 0.717) is 5.41 Å². The van der Waals surface area contributed by atoms with E-state index in [9.17, 15) is 0 Å². The molecule has 2 aliphatic rings. The third-order valence-electron chi connectivity index (χ3n) is 5.89. The molecule has 0 bridgehead atoms. The van der Waals surface area contributed by atoms with Crippen molar-refractivity contribution in [3.05, 3.63) is 0 Å². The van der Waals surface area contributed by atoms with Gasteiger partial charge in [-0.15, -0.1) is 0 Å². The van der Waals surface area contributed by atoms with E-state index in [2.05, 4.69) is 31.1 Å². The van der Waals surface area contributed by atoms with Crippen LogP contribution >= 0.6 is 0 Å². The van der Waals surface area contributed by atoms with E-state index in [4.69, 9.17) is 0 Å². The summed E-state index contributed by atoms with van der Waals surface area (Å²) in [5.41, 5.74) is 1.21. The molecule has 1 heterocycles. The van der Waals surface area contributed by atoms with E-state index in [-0.39, 0.29) is 0 Å². The van der Waals surface area contributed by atoms with E-state index < -0.39 is 0 Å². The Morgan fingerprint density at radius 3 is 2.25 bits per heavy atom. The van der Waals surface area contributed by atoms with E-state index >= 15 is 0 Å². The summed E-state index contributed by atoms with van der Waals surface area (Å²) >= 11 is 0. The fourth-order valence-corrected chi connectivity index (χ4v) is 4.78. The second-order valence-electron chi connectivity index (χ2n) is 7.93. The lowest BCUT2D eigenvalue weighted by Gasteiger charge is -2.46. The van der Waals surface area contributed by atoms with Gasteiger partial charge in [-0.3, -0.25) is 0 Å². The monoisotopic (exact) mass is 280 g/mol. The quantitative estimate of drug-likeness (QED) is 0.789. The molecule has 0 aromatic rings. The van der Waals surface area contributed by atoms with E-state index in [0.717, 1.165) is 12.0 Å². The lowest BCUT2D eigenvalue weighted by atomic mass is 9.68. The standard InChI is InChI=1S/C18H36N2/c1-4-8-17(2,15-19-3)16-20-13-11-18(12-14-20)9-6-5-7-10-18/h19H,4-16H2,1-3H3. The highest BCUT2D eigenvalue weighted by Crippen LogP contribution is 2.44. The van der Waals surface area contributed by atoms with Crippen LogP contribution in [-0.4, -0.2) is 38.1 Å². The molecule has 20 heavy (non-hydrogen) atoms. The van der Waals surface area contributed by atoms with E-state index in [1.54, 1.807) is 0 Å². The first-order valence-corrected chi connectivity index (χ1v) is 8.98. The smallest absolute Gasteiger partial charge is 0.00475 e. The Morgan fingerprint density at radius 2 is 1.70 bits per heavy atom. The van der Waals surface area contributed by atoms with Crippen molar-refractivity contribution in [3.63, 3.8) is 0 Å². The van der Waals surface area contributed by atoms with E-state index in [1.165, 1.54) is 77.4 Å². The lowest BCUT2D eigenvalue weighted by Crippen LogP contribution is -2.47. The minimum Gasteiger partial charge on any atom is -0.319 e. The van der Waals surface area contributed by atoms with Gasteiger partial charge in [0.1, 0.15) is 0 Å². The maximum absolute atomic E-state index is 3.41. The second-order valence-corrected chi connectivity index (χ2v) is 7.93. The Kier molecular flexibility index (Phi) is 5.92. The van der Waals surface area contributed by atoms with Crippen LogP contribution in [0.4, 0.5) is 0 Å². The van der Waals surface area contributed by atoms with Gasteiger partial charge in [-0.1, -0.05) is 39.5 Å². The molecular formula is C18H36N2. The molecule has 0 aromatic heterocycles. The molecule has 1 aliphatic heterocycles. The highest BCUT2D eigenvalue weighted by Gasteiger charge is 2.37. The minimum atomic E-state index is 0.459. The van der Waals surface area contributed by atoms with Crippen molar-refractivity contribution in [2.24, 2.45) is 10.8 Å². The largest absolute Gasteiger partial charge is 0.319 e. The molecule has 0 aromatic carbocycles. The number of nitrogens with zero attached hydrogens (tertiary/aromatic N) is 1. The number of hydrogen-bond donors (Lipinski definition) is 1. The Balaban J connectivity index is 1.83. The van der Waals surface area contributed by atoms with Crippen molar-refractivity contribution in [2.45, 2.75) is 71.6 Å². The van der Waals surface area contributed by atoms with Crippen LogP contribution in [0, 0.1) is 10.8 Å². The van der Waals surface area contributed by atoms with Gasteiger partial charge in [0.05, 0.1) is 0 Å². The number of likely N-dealkylation sites (tertiary alicyclic amines) is 1. The predicted octanol–water partition coefficient (Wildman–Crippen LogP) is 4.06. The summed E-state index contributed by atoms with van der Waals surface area (Å²) in [6.07, 6.45) is 13.1. The van der Waals surface area contributed by atoms with Crippen molar-refractivity contribution in [1.82, 2.24) is 10.2 Å². The predicted molar refractivity (Wildman–Crippen MR) is 88.1 cm³/mol. The first-order valence-electron chi connectivity index (χ1n) is 8.98. The van der Waals surface area contributed by atoms with Gasteiger partial charge >= 0.3 is 0 Å². The molecule has 1 aliphatic carbocycles. The molecule has 1 N–H and O–H groups in total. The zero-order valence-corrected chi connectivity index (χ0v) is 14.1. The van der Waals surface area contributed by atoms with Crippen LogP contribution < -0.4 is 5.32 Å². The van der Waals surface area contributed by atoms with Crippen molar-refractivity contribution < 1.29 is 0 Å². The fourth-order valence-electron chi connectivity index (χ4n) is 4.78. The average Bonchev–Trinajstić information content (AvgIpc) is 2.43. The Labute approximate surface area is 126 Å². The van der Waals surface area contributed by atoms with Gasteiger partial charge in [-0.25, -0.2) is 0 Å². The Morgan fingerprint density at radius 1 is 1.05 bits per heavy atom. The first kappa shape index (κ1) is 16.3. The molecule has 0 amide bonds. The van der Waals surface area contributed by atoms with Crippen LogP contribution in [0.5, 0.6) is 0 Å². The highest BCUT2D eigenvalue weighted by molar-refractivity contribution is 4.90. The summed E-state index contributed by atoms with van der Waals surface area (Å²) in [7, 11) is 2.10. The van der Waals surface area contributed by atoms with Crippen LogP contribution in [0.1, 0.15) is 71.6 Å². The van der Waals surface area contributed by atoms with E-state index in [1.807, 2.05) is 0 Å². The maximum Gasteiger partial charge on any atom is 0.00475 e. The molecule has 2 heteroatoms. The molecule has 1 saturated carbocycles. The summed E-state index contributed by atoms with van der Waals surface area (Å²) in [6, 6.07) is 0. The van der Waals surface area contributed by atoms with Crippen LogP contribution in [-0.2, 0) is 0 Å². The number of piperidine rings is 1. The molecule has 2 fully saturated rings. The van der Waals surface area contributed by atoms with Crippen LogP contribution in [0.25, 0.3) is 0 Å². The number of hydrogen-bond acceptors (Lipinski definition) is 2. The van der Waals surface area contributed by atoms with Gasteiger partial charge in [-0.2, -0.15) is 0 Å². The molecule has 1 saturated heterocycles. The second kappa shape index (κ2) is 7.26. The van der Waals surface area contributed by atoms with Crippen molar-refractivity contribution in [1.29, 1.82) is 0 Å². The molecule has 2 nitrogen and oxygen atoms in total. The fraction of sp³-hybridized carbons (Fsp3) is 1.00. The lowest BCUT2D eigenvalue weighted by molar-refractivity contribution is 0.0433. The van der Waals surface area contributed by atoms with Gasteiger partial charge in [-0.05, 0) is 63.1 Å². The Bertz CT molecular complexity index is 265. The minimum absolute atomic E-state index is 0.459. The normalized spacial score (nSPS) is 26.6. The average molecular weight is 280 g/mol. The molecule has 1 atom stereocenters. The van der Waals surface area contributed by atoms with Crippen LogP contribution in [0.2, 0.25) is 0 Å². The summed E-state index contributed by atoms with van der Waals surface area (Å²) in [5, 5.41) is 3.41. The molecule has 1 spiro atoms. The van der Waals surface area contributed by atoms with Gasteiger partial charge in [0, 0.05) is 13.1 Å². The molecule has 0 radical (unpaired) electrons. The molecule has 2 rings (SSSR count). The van der Waals surface area contributed by atoms with Crippen molar-refractivity contribution >= 4 is 0 Å². The van der Waals surface area contributed by atoms with Gasteiger partial charge < -0.3 is 10.2 Å². The highest BCUT2D eigenvalue weighted by atomic mass is 15.1. The Hall–Kier alpha value is -0.0800. The summed E-state index contributed by atoms with van der Waals surface area (Å²) in [5.74, 6) is 0. The van der Waals surface area contributed by atoms with Crippen molar-refractivity contribution in [3.8, 4) is 0 Å². The van der Waals surface area contributed by atoms with Gasteiger partial charge in [0.15, 0.2) is 0 Å². The maximum atomic E-state index is 3.41. The zero-order chi connectivity index (χ0) is 14.5. The summed E-state index contributed by atoms with van der Waals surface area (Å²) in [4.78, 5) is 2.76. The molecule has 118 valence electrons. The van der Waals surface area contributed by atoms with Gasteiger partial charge in [0.25, 0.3) is 0 Å². The number of nitrogens with one attached hydrogen (secondary N) is 1. The molecule has 1 unspecified atom stereocenters. The first-order chi connectivity index (χ1) is 9.61. The van der Waals surface area contributed by atoms with Crippen LogP contribution in [0.15, 0.2) is 0 Å². The third kappa shape index (κ3) is 4.21. The van der Waals surface area contributed by atoms with Crippen molar-refractivity contribution in [2.75, 3.05) is 33.2 Å². The topological polar surface area (TPSA) is 15.3 Å². The van der Waals surface area contributed by atoms with Crippen LogP contribution in [0.3, 0.4) is 0 Å². The number of rotatable bonds is 6. The third-order valence-corrected chi connectivity index (χ3v) is 5.89. The summed E-state index contributed by atoms with van der Waals surface area (Å²) in [6.45, 7) is 9.94. The molecular weight excluding hydrogens is 244 g/mol.